The summed E-state index contributed by atoms with van der Waals surface area (Å²) in [4.78, 5) is 23.9. The monoisotopic (exact) mass is 309 g/mol. The van der Waals surface area contributed by atoms with Gasteiger partial charge in [0, 0.05) is 17.4 Å². The first-order valence-corrected chi connectivity index (χ1v) is 8.20. The van der Waals surface area contributed by atoms with Crippen molar-refractivity contribution in [3.8, 4) is 0 Å². The number of rotatable bonds is 2. The lowest BCUT2D eigenvalue weighted by Gasteiger charge is -2.23. The molecular formula is C17H15N3OS. The van der Waals surface area contributed by atoms with Gasteiger partial charge in [-0.15, -0.1) is 11.3 Å². The molecule has 3 heterocycles. The summed E-state index contributed by atoms with van der Waals surface area (Å²) in [6.07, 6.45) is 5.28. The molecular weight excluding hydrogens is 294 g/mol. The Morgan fingerprint density at radius 2 is 2.18 bits per heavy atom. The first-order valence-electron chi connectivity index (χ1n) is 7.38. The lowest BCUT2D eigenvalue weighted by Crippen LogP contribution is -2.30. The Bertz CT molecular complexity index is 782. The number of nitrogens with zero attached hydrogens (tertiary/aromatic N) is 3. The molecule has 3 aromatic rings. The summed E-state index contributed by atoms with van der Waals surface area (Å²) in [6.45, 7) is 0.793. The minimum Gasteiger partial charge on any atom is -0.329 e. The number of thiophene rings is 1. The number of carbonyl (C=O) groups is 1. The van der Waals surface area contributed by atoms with Crippen LogP contribution in [-0.4, -0.2) is 27.3 Å². The predicted octanol–water partition coefficient (Wildman–Crippen LogP) is 3.67. The highest BCUT2D eigenvalue weighted by Gasteiger charge is 2.32. The minimum absolute atomic E-state index is 0.0701. The second-order valence-electron chi connectivity index (χ2n) is 5.44. The van der Waals surface area contributed by atoms with Crippen molar-refractivity contribution >= 4 is 27.3 Å². The van der Waals surface area contributed by atoms with Crippen molar-refractivity contribution < 1.29 is 4.79 Å². The quantitative estimate of drug-likeness (QED) is 0.725. The van der Waals surface area contributed by atoms with Crippen LogP contribution in [0, 0.1) is 0 Å². The zero-order valence-corrected chi connectivity index (χ0v) is 12.8. The van der Waals surface area contributed by atoms with Crippen LogP contribution in [0.4, 0.5) is 0 Å². The summed E-state index contributed by atoms with van der Waals surface area (Å²) < 4.78 is 1.16. The van der Waals surface area contributed by atoms with Crippen LogP contribution in [0.25, 0.3) is 10.1 Å². The second kappa shape index (κ2) is 5.50. The fraction of sp³-hybridized carbons (Fsp3) is 0.235. The molecule has 1 atom stereocenters. The van der Waals surface area contributed by atoms with Gasteiger partial charge in [0.25, 0.3) is 5.91 Å². The van der Waals surface area contributed by atoms with Gasteiger partial charge in [-0.25, -0.2) is 9.97 Å². The Hall–Kier alpha value is -2.27. The SMILES string of the molecule is O=C(c1cc2ccccc2s1)N1CCC[C@H]1c1ccncn1. The molecule has 110 valence electrons. The maximum Gasteiger partial charge on any atom is 0.264 e. The van der Waals surface area contributed by atoms with Crippen LogP contribution in [0.2, 0.25) is 0 Å². The van der Waals surface area contributed by atoms with E-state index in [4.69, 9.17) is 0 Å². The number of amides is 1. The molecule has 1 aliphatic heterocycles. The smallest absolute Gasteiger partial charge is 0.264 e. The van der Waals surface area contributed by atoms with E-state index in [0.717, 1.165) is 40.0 Å². The first kappa shape index (κ1) is 13.4. The van der Waals surface area contributed by atoms with E-state index in [0.29, 0.717) is 0 Å². The summed E-state index contributed by atoms with van der Waals surface area (Å²) in [7, 11) is 0. The van der Waals surface area contributed by atoms with Crippen LogP contribution in [-0.2, 0) is 0 Å². The molecule has 0 aliphatic carbocycles. The summed E-state index contributed by atoms with van der Waals surface area (Å²) in [5.41, 5.74) is 0.932. The number of fused-ring (bicyclic) bond motifs is 1. The molecule has 0 radical (unpaired) electrons. The Morgan fingerprint density at radius 3 is 3.00 bits per heavy atom. The summed E-state index contributed by atoms with van der Waals surface area (Å²) in [5, 5.41) is 1.13. The van der Waals surface area contributed by atoms with Gasteiger partial charge in [0.2, 0.25) is 0 Å². The van der Waals surface area contributed by atoms with E-state index in [2.05, 4.69) is 22.1 Å². The minimum atomic E-state index is 0.0701. The van der Waals surface area contributed by atoms with Crippen molar-refractivity contribution in [2.45, 2.75) is 18.9 Å². The van der Waals surface area contributed by atoms with E-state index in [-0.39, 0.29) is 11.9 Å². The van der Waals surface area contributed by atoms with E-state index < -0.39 is 0 Å². The maximum absolute atomic E-state index is 12.9. The van der Waals surface area contributed by atoms with Gasteiger partial charge in [0.05, 0.1) is 16.6 Å². The molecule has 1 aromatic carbocycles. The van der Waals surface area contributed by atoms with Crippen LogP contribution in [0.15, 0.2) is 48.9 Å². The van der Waals surface area contributed by atoms with E-state index in [1.807, 2.05) is 29.2 Å². The van der Waals surface area contributed by atoms with Crippen molar-refractivity contribution in [3.63, 3.8) is 0 Å². The number of hydrogen-bond donors (Lipinski definition) is 0. The van der Waals surface area contributed by atoms with Crippen molar-refractivity contribution in [1.82, 2.24) is 14.9 Å². The Labute approximate surface area is 132 Å². The van der Waals surface area contributed by atoms with E-state index in [9.17, 15) is 4.79 Å². The zero-order valence-electron chi connectivity index (χ0n) is 12.0. The average molecular weight is 309 g/mol. The normalized spacial score (nSPS) is 18.0. The van der Waals surface area contributed by atoms with Crippen molar-refractivity contribution in [3.05, 3.63) is 59.5 Å². The Kier molecular flexibility index (Phi) is 3.35. The molecule has 0 unspecified atom stereocenters. The Balaban J connectivity index is 1.66. The van der Waals surface area contributed by atoms with Crippen LogP contribution in [0.3, 0.4) is 0 Å². The van der Waals surface area contributed by atoms with Crippen molar-refractivity contribution in [2.75, 3.05) is 6.54 Å². The molecule has 0 spiro atoms. The van der Waals surface area contributed by atoms with Crippen LogP contribution in [0.1, 0.15) is 34.2 Å². The first-order chi connectivity index (χ1) is 10.8. The van der Waals surface area contributed by atoms with Gasteiger partial charge in [0.15, 0.2) is 0 Å². The molecule has 4 rings (SSSR count). The number of likely N-dealkylation sites (tertiary alicyclic amines) is 1. The lowest BCUT2D eigenvalue weighted by molar-refractivity contribution is 0.0738. The van der Waals surface area contributed by atoms with Crippen LogP contribution in [0.5, 0.6) is 0 Å². The summed E-state index contributed by atoms with van der Waals surface area (Å²) >= 11 is 1.57. The molecule has 0 N–H and O–H groups in total. The number of hydrogen-bond acceptors (Lipinski definition) is 4. The molecule has 1 fully saturated rings. The molecule has 4 nitrogen and oxygen atoms in total. The molecule has 5 heteroatoms. The topological polar surface area (TPSA) is 46.1 Å². The van der Waals surface area contributed by atoms with Gasteiger partial charge >= 0.3 is 0 Å². The van der Waals surface area contributed by atoms with E-state index in [1.54, 1.807) is 23.9 Å². The fourth-order valence-corrected chi connectivity index (χ4v) is 4.06. The molecule has 1 aliphatic rings. The molecule has 1 amide bonds. The lowest BCUT2D eigenvalue weighted by atomic mass is 10.1. The third-order valence-electron chi connectivity index (χ3n) is 4.10. The van der Waals surface area contributed by atoms with E-state index in [1.165, 1.54) is 0 Å². The average Bonchev–Trinajstić information content (AvgIpc) is 3.21. The summed E-state index contributed by atoms with van der Waals surface area (Å²) in [5.74, 6) is 0.113. The number of carbonyl (C=O) groups excluding carboxylic acids is 1. The van der Waals surface area contributed by atoms with Crippen LogP contribution >= 0.6 is 11.3 Å². The third-order valence-corrected chi connectivity index (χ3v) is 5.20. The highest BCUT2D eigenvalue weighted by molar-refractivity contribution is 7.20. The molecule has 1 saturated heterocycles. The van der Waals surface area contributed by atoms with Crippen molar-refractivity contribution in [2.24, 2.45) is 0 Å². The molecule has 0 bridgehead atoms. The standard InChI is InChI=1S/C17H15N3OS/c21-17(16-10-12-4-1-2-6-15(12)22-16)20-9-3-5-14(20)13-7-8-18-11-19-13/h1-2,4,6-8,10-11,14H,3,5,9H2/t14-/m0/s1. The van der Waals surface area contributed by atoms with Gasteiger partial charge < -0.3 is 4.90 Å². The van der Waals surface area contributed by atoms with Crippen molar-refractivity contribution in [1.29, 1.82) is 0 Å². The zero-order chi connectivity index (χ0) is 14.9. The molecule has 2 aromatic heterocycles. The number of aromatic nitrogens is 2. The van der Waals surface area contributed by atoms with Gasteiger partial charge in [-0.3, -0.25) is 4.79 Å². The molecule has 0 saturated carbocycles. The van der Waals surface area contributed by atoms with Gasteiger partial charge in [0.1, 0.15) is 6.33 Å². The Morgan fingerprint density at radius 1 is 1.27 bits per heavy atom. The molecule has 22 heavy (non-hydrogen) atoms. The van der Waals surface area contributed by atoms with Gasteiger partial charge in [-0.2, -0.15) is 0 Å². The fourth-order valence-electron chi connectivity index (χ4n) is 3.04. The van der Waals surface area contributed by atoms with Crippen LogP contribution < -0.4 is 0 Å². The van der Waals surface area contributed by atoms with Gasteiger partial charge in [-0.05, 0) is 36.4 Å². The highest BCUT2D eigenvalue weighted by Crippen LogP contribution is 2.34. The largest absolute Gasteiger partial charge is 0.329 e. The number of benzene rings is 1. The highest BCUT2D eigenvalue weighted by atomic mass is 32.1. The predicted molar refractivity (Wildman–Crippen MR) is 86.9 cm³/mol. The van der Waals surface area contributed by atoms with E-state index >= 15 is 0 Å². The van der Waals surface area contributed by atoms with Gasteiger partial charge in [-0.1, -0.05) is 18.2 Å². The second-order valence-corrected chi connectivity index (χ2v) is 6.52. The summed E-state index contributed by atoms with van der Waals surface area (Å²) in [6, 6.07) is 12.1. The maximum atomic E-state index is 12.9. The third kappa shape index (κ3) is 2.27.